The first kappa shape index (κ1) is 20.9. The van der Waals surface area contributed by atoms with E-state index in [0.29, 0.717) is 30.9 Å². The highest BCUT2D eigenvalue weighted by Crippen LogP contribution is 2.16. The van der Waals surface area contributed by atoms with E-state index < -0.39 is 0 Å². The highest BCUT2D eigenvalue weighted by Gasteiger charge is 2.25. The van der Waals surface area contributed by atoms with Crippen LogP contribution in [-0.2, 0) is 22.6 Å². The molecule has 1 N–H and O–H groups in total. The summed E-state index contributed by atoms with van der Waals surface area (Å²) in [5, 5.41) is 7.90. The third kappa shape index (κ3) is 5.14. The van der Waals surface area contributed by atoms with Gasteiger partial charge in [-0.15, -0.1) is 0 Å². The zero-order valence-corrected chi connectivity index (χ0v) is 17.2. The fourth-order valence-electron chi connectivity index (χ4n) is 3.59. The first-order valence-electron chi connectivity index (χ1n) is 9.81. The minimum atomic E-state index is -0.366. The molecule has 3 rings (SSSR count). The van der Waals surface area contributed by atoms with Crippen molar-refractivity contribution in [2.24, 2.45) is 0 Å². The summed E-state index contributed by atoms with van der Waals surface area (Å²) in [7, 11) is 1.37. The Kier molecular flexibility index (Phi) is 6.87. The molecule has 1 aromatic heterocycles. The van der Waals surface area contributed by atoms with Gasteiger partial charge in [0.05, 0.1) is 18.5 Å². The van der Waals surface area contributed by atoms with Crippen molar-refractivity contribution in [3.8, 4) is 0 Å². The van der Waals surface area contributed by atoms with Gasteiger partial charge in [0.15, 0.2) is 0 Å². The van der Waals surface area contributed by atoms with Gasteiger partial charge in [-0.3, -0.25) is 4.68 Å². The number of hydrogen-bond acceptors (Lipinski definition) is 6. The van der Waals surface area contributed by atoms with Gasteiger partial charge in [0.2, 0.25) is 0 Å². The summed E-state index contributed by atoms with van der Waals surface area (Å²) in [6.45, 7) is 6.51. The maximum Gasteiger partial charge on any atom is 0.410 e. The van der Waals surface area contributed by atoms with Gasteiger partial charge in [-0.2, -0.15) is 5.10 Å². The second-order valence-corrected chi connectivity index (χ2v) is 7.19. The van der Waals surface area contributed by atoms with Gasteiger partial charge in [-0.25, -0.2) is 9.59 Å². The number of rotatable bonds is 6. The Balaban J connectivity index is 1.52. The maximum atomic E-state index is 12.4. The standard InChI is InChI=1S/C21H28N4O4/c1-15-19(20(26)28-3)16(2)25(23-15)11-9-18-13-24(12-10-22-18)21(27)29-14-17-7-5-4-6-8-17/h4-8,18,22H,9-14H2,1-3H3/t18-/m1/s1. The lowest BCUT2D eigenvalue weighted by Crippen LogP contribution is -2.53. The van der Waals surface area contributed by atoms with Crippen LogP contribution < -0.4 is 5.32 Å². The Morgan fingerprint density at radius 2 is 2.00 bits per heavy atom. The monoisotopic (exact) mass is 400 g/mol. The molecule has 8 nitrogen and oxygen atoms in total. The van der Waals surface area contributed by atoms with E-state index in [0.717, 1.165) is 24.2 Å². The fourth-order valence-corrected chi connectivity index (χ4v) is 3.59. The molecule has 0 radical (unpaired) electrons. The maximum absolute atomic E-state index is 12.4. The molecule has 0 unspecified atom stereocenters. The molecule has 29 heavy (non-hydrogen) atoms. The Labute approximate surface area is 170 Å². The molecule has 0 saturated carbocycles. The zero-order chi connectivity index (χ0) is 20.8. The predicted octanol–water partition coefficient (Wildman–Crippen LogP) is 2.29. The van der Waals surface area contributed by atoms with E-state index in [1.54, 1.807) is 11.8 Å². The summed E-state index contributed by atoms with van der Waals surface area (Å²) < 4.78 is 12.1. The third-order valence-corrected chi connectivity index (χ3v) is 5.18. The number of hydrogen-bond donors (Lipinski definition) is 1. The predicted molar refractivity (Wildman–Crippen MR) is 108 cm³/mol. The van der Waals surface area contributed by atoms with Crippen LogP contribution in [0.15, 0.2) is 30.3 Å². The molecule has 1 aliphatic rings. The number of amides is 1. The largest absolute Gasteiger partial charge is 0.465 e. The van der Waals surface area contributed by atoms with Crippen LogP contribution in [0.5, 0.6) is 0 Å². The van der Waals surface area contributed by atoms with E-state index in [2.05, 4.69) is 10.4 Å². The zero-order valence-electron chi connectivity index (χ0n) is 17.2. The van der Waals surface area contributed by atoms with E-state index in [-0.39, 0.29) is 24.7 Å². The van der Waals surface area contributed by atoms with Crippen LogP contribution >= 0.6 is 0 Å². The lowest BCUT2D eigenvalue weighted by Gasteiger charge is -2.33. The smallest absolute Gasteiger partial charge is 0.410 e. The van der Waals surface area contributed by atoms with Crippen LogP contribution in [0, 0.1) is 13.8 Å². The van der Waals surface area contributed by atoms with Crippen LogP contribution in [-0.4, -0.2) is 59.5 Å². The summed E-state index contributed by atoms with van der Waals surface area (Å²) in [6, 6.07) is 9.79. The van der Waals surface area contributed by atoms with Gasteiger partial charge >= 0.3 is 12.1 Å². The minimum Gasteiger partial charge on any atom is -0.465 e. The van der Waals surface area contributed by atoms with Crippen molar-refractivity contribution in [1.29, 1.82) is 0 Å². The number of esters is 1. The van der Waals surface area contributed by atoms with Gasteiger partial charge in [0, 0.05) is 32.2 Å². The molecule has 1 saturated heterocycles. The summed E-state index contributed by atoms with van der Waals surface area (Å²) in [6.07, 6.45) is 0.491. The molecule has 156 valence electrons. The molecule has 1 fully saturated rings. The number of nitrogens with zero attached hydrogens (tertiary/aromatic N) is 3. The van der Waals surface area contributed by atoms with Crippen molar-refractivity contribution in [3.63, 3.8) is 0 Å². The number of nitrogens with one attached hydrogen (secondary N) is 1. The van der Waals surface area contributed by atoms with Crippen LogP contribution in [0.1, 0.15) is 33.7 Å². The number of benzene rings is 1. The van der Waals surface area contributed by atoms with Gasteiger partial charge in [-0.05, 0) is 25.8 Å². The third-order valence-electron chi connectivity index (χ3n) is 5.18. The number of methoxy groups -OCH3 is 1. The average molecular weight is 400 g/mol. The number of aromatic nitrogens is 2. The first-order chi connectivity index (χ1) is 14.0. The van der Waals surface area contributed by atoms with Gasteiger partial charge in [-0.1, -0.05) is 30.3 Å². The van der Waals surface area contributed by atoms with E-state index in [9.17, 15) is 9.59 Å². The molecule has 0 aliphatic carbocycles. The second-order valence-electron chi connectivity index (χ2n) is 7.19. The van der Waals surface area contributed by atoms with Crippen LogP contribution in [0.4, 0.5) is 4.79 Å². The van der Waals surface area contributed by atoms with Crippen molar-refractivity contribution >= 4 is 12.1 Å². The van der Waals surface area contributed by atoms with Crippen molar-refractivity contribution in [3.05, 3.63) is 52.8 Å². The fraction of sp³-hybridized carbons (Fsp3) is 0.476. The minimum absolute atomic E-state index is 0.138. The average Bonchev–Trinajstić information content (AvgIpc) is 3.04. The van der Waals surface area contributed by atoms with Crippen molar-refractivity contribution in [2.45, 2.75) is 39.5 Å². The van der Waals surface area contributed by atoms with E-state index in [4.69, 9.17) is 9.47 Å². The van der Waals surface area contributed by atoms with Crippen molar-refractivity contribution in [1.82, 2.24) is 20.0 Å². The quantitative estimate of drug-likeness (QED) is 0.749. The molecule has 1 aliphatic heterocycles. The van der Waals surface area contributed by atoms with Crippen LogP contribution in [0.2, 0.25) is 0 Å². The van der Waals surface area contributed by atoms with Crippen molar-refractivity contribution < 1.29 is 19.1 Å². The van der Waals surface area contributed by atoms with E-state index in [1.165, 1.54) is 7.11 Å². The molecule has 1 aromatic carbocycles. The van der Waals surface area contributed by atoms with Crippen molar-refractivity contribution in [2.75, 3.05) is 26.7 Å². The highest BCUT2D eigenvalue weighted by atomic mass is 16.6. The first-order valence-corrected chi connectivity index (χ1v) is 9.81. The molecule has 8 heteroatoms. The molecular formula is C21H28N4O4. The molecule has 2 aromatic rings. The summed E-state index contributed by atoms with van der Waals surface area (Å²) >= 11 is 0. The SMILES string of the molecule is COC(=O)c1c(C)nn(CC[C@@H]2CN(C(=O)OCc3ccccc3)CCN2)c1C. The lowest BCUT2D eigenvalue weighted by atomic mass is 10.1. The van der Waals surface area contributed by atoms with E-state index >= 15 is 0 Å². The number of carbonyl (C=O) groups is 2. The van der Waals surface area contributed by atoms with Gasteiger partial charge in [0.1, 0.15) is 12.2 Å². The van der Waals surface area contributed by atoms with Crippen LogP contribution in [0.25, 0.3) is 0 Å². The number of carbonyl (C=O) groups excluding carboxylic acids is 2. The highest BCUT2D eigenvalue weighted by molar-refractivity contribution is 5.91. The Bertz CT molecular complexity index is 850. The molecule has 0 spiro atoms. The summed E-state index contributed by atoms with van der Waals surface area (Å²) in [5.74, 6) is -0.366. The van der Waals surface area contributed by atoms with Gasteiger partial charge < -0.3 is 19.7 Å². The number of piperazine rings is 1. The molecule has 0 bridgehead atoms. The topological polar surface area (TPSA) is 85.7 Å². The van der Waals surface area contributed by atoms with E-state index in [1.807, 2.05) is 41.9 Å². The normalized spacial score (nSPS) is 16.5. The summed E-state index contributed by atoms with van der Waals surface area (Å²) in [4.78, 5) is 26.1. The Hall–Kier alpha value is -2.87. The Morgan fingerprint density at radius 1 is 1.24 bits per heavy atom. The number of ether oxygens (including phenoxy) is 2. The Morgan fingerprint density at radius 3 is 2.72 bits per heavy atom. The van der Waals surface area contributed by atoms with Crippen LogP contribution in [0.3, 0.4) is 0 Å². The second kappa shape index (κ2) is 9.56. The lowest BCUT2D eigenvalue weighted by molar-refractivity contribution is 0.0598. The summed E-state index contributed by atoms with van der Waals surface area (Å²) in [5.41, 5.74) is 2.95. The number of aryl methyl sites for hydroxylation is 2. The van der Waals surface area contributed by atoms with Gasteiger partial charge in [0.25, 0.3) is 0 Å². The molecular weight excluding hydrogens is 372 g/mol. The molecule has 1 atom stereocenters. The molecule has 1 amide bonds. The molecule has 2 heterocycles.